The molecular formula is C30H30FN3O4S. The number of amides is 1. The lowest BCUT2D eigenvalue weighted by atomic mass is 9.89. The summed E-state index contributed by atoms with van der Waals surface area (Å²) in [7, 11) is -3.38. The lowest BCUT2D eigenvalue weighted by Gasteiger charge is -2.31. The third-order valence-electron chi connectivity index (χ3n) is 7.01. The van der Waals surface area contributed by atoms with Crippen LogP contribution in [0.4, 0.5) is 9.18 Å². The van der Waals surface area contributed by atoms with E-state index in [1.807, 2.05) is 42.5 Å². The van der Waals surface area contributed by atoms with Gasteiger partial charge >= 0.3 is 6.09 Å². The summed E-state index contributed by atoms with van der Waals surface area (Å²) in [5, 5.41) is 0. The van der Waals surface area contributed by atoms with E-state index in [1.165, 1.54) is 18.4 Å². The van der Waals surface area contributed by atoms with E-state index < -0.39 is 9.84 Å². The van der Waals surface area contributed by atoms with Gasteiger partial charge in [0.25, 0.3) is 0 Å². The Morgan fingerprint density at radius 1 is 1.00 bits per heavy atom. The van der Waals surface area contributed by atoms with Crippen LogP contribution < -0.4 is 0 Å². The minimum atomic E-state index is -3.38. The van der Waals surface area contributed by atoms with Gasteiger partial charge in [0.05, 0.1) is 11.4 Å². The smallest absolute Gasteiger partial charge is 0.410 e. The molecule has 4 aromatic rings. The molecule has 1 fully saturated rings. The zero-order valence-corrected chi connectivity index (χ0v) is 22.5. The second-order valence-corrected chi connectivity index (χ2v) is 12.0. The molecule has 2 aromatic heterocycles. The molecule has 39 heavy (non-hydrogen) atoms. The van der Waals surface area contributed by atoms with E-state index >= 15 is 0 Å². The maximum atomic E-state index is 13.7. The molecule has 1 N–H and O–H groups in total. The highest BCUT2D eigenvalue weighted by Gasteiger charge is 2.31. The predicted octanol–water partition coefficient (Wildman–Crippen LogP) is 5.94. The van der Waals surface area contributed by atoms with Crippen LogP contribution >= 0.6 is 0 Å². The summed E-state index contributed by atoms with van der Waals surface area (Å²) in [4.78, 5) is 22.0. The monoisotopic (exact) mass is 547 g/mol. The summed E-state index contributed by atoms with van der Waals surface area (Å²) >= 11 is 0. The van der Waals surface area contributed by atoms with Gasteiger partial charge in [0, 0.05) is 48.9 Å². The molecule has 0 bridgehead atoms. The summed E-state index contributed by atoms with van der Waals surface area (Å²) in [6.07, 6.45) is 5.50. The molecule has 0 saturated carbocycles. The zero-order chi connectivity index (χ0) is 27.4. The van der Waals surface area contributed by atoms with Crippen molar-refractivity contribution in [1.82, 2.24) is 14.9 Å². The summed E-state index contributed by atoms with van der Waals surface area (Å²) in [6.45, 7) is 1.20. The first-order valence-electron chi connectivity index (χ1n) is 12.8. The Kier molecular flexibility index (Phi) is 7.79. The van der Waals surface area contributed by atoms with Crippen LogP contribution in [0.5, 0.6) is 0 Å². The average Bonchev–Trinajstić information content (AvgIpc) is 3.30. The number of benzene rings is 2. The van der Waals surface area contributed by atoms with Gasteiger partial charge in [0.15, 0.2) is 9.84 Å². The topological polar surface area (TPSA) is 92.4 Å². The number of H-pyrrole nitrogens is 1. The summed E-state index contributed by atoms with van der Waals surface area (Å²) in [5.41, 5.74) is 5.55. The molecule has 1 aliphatic heterocycles. The molecule has 202 valence electrons. The minimum Gasteiger partial charge on any atom is -0.445 e. The maximum absolute atomic E-state index is 13.7. The third kappa shape index (κ3) is 6.37. The highest BCUT2D eigenvalue weighted by atomic mass is 32.2. The molecule has 9 heteroatoms. The van der Waals surface area contributed by atoms with Crippen LogP contribution in [0.1, 0.15) is 35.6 Å². The number of aromatic nitrogens is 2. The van der Waals surface area contributed by atoms with Crippen molar-refractivity contribution in [2.75, 3.05) is 19.3 Å². The van der Waals surface area contributed by atoms with Crippen LogP contribution in [0.3, 0.4) is 0 Å². The summed E-state index contributed by atoms with van der Waals surface area (Å²) in [5.74, 6) is -0.481. The standard InChI is InChI=1S/C30H30FN3O4S/c1-39(36,37)20-26-27(22-11-15-32-16-12-22)29(23-7-9-25(31)10-8-23)33-28(26)24-13-17-34(18-14-24)30(35)38-19-21-5-3-2-4-6-21/h2-12,15-16,24,33H,13-14,17-20H2,1H3. The first-order chi connectivity index (χ1) is 18.8. The van der Waals surface area contributed by atoms with Crippen LogP contribution in [0, 0.1) is 5.82 Å². The van der Waals surface area contributed by atoms with Gasteiger partial charge in [-0.1, -0.05) is 30.3 Å². The molecule has 3 heterocycles. The van der Waals surface area contributed by atoms with E-state index in [0.717, 1.165) is 33.6 Å². The van der Waals surface area contributed by atoms with Gasteiger partial charge in [-0.15, -0.1) is 0 Å². The fraction of sp³-hybridized carbons (Fsp3) is 0.267. The second kappa shape index (κ2) is 11.4. The van der Waals surface area contributed by atoms with Crippen LogP contribution in [0.15, 0.2) is 79.1 Å². The number of nitrogens with zero attached hydrogens (tertiary/aromatic N) is 2. The Balaban J connectivity index is 1.44. The molecule has 1 saturated heterocycles. The van der Waals surface area contributed by atoms with E-state index in [2.05, 4.69) is 9.97 Å². The summed E-state index contributed by atoms with van der Waals surface area (Å²) in [6, 6.07) is 19.4. The first-order valence-corrected chi connectivity index (χ1v) is 14.9. The van der Waals surface area contributed by atoms with Gasteiger partial charge in [-0.3, -0.25) is 4.98 Å². The number of likely N-dealkylation sites (tertiary alicyclic amines) is 1. The molecule has 7 nitrogen and oxygen atoms in total. The molecular weight excluding hydrogens is 517 g/mol. The number of aromatic amines is 1. The number of rotatable bonds is 7. The van der Waals surface area contributed by atoms with E-state index in [1.54, 1.807) is 29.4 Å². The van der Waals surface area contributed by atoms with Crippen molar-refractivity contribution in [2.45, 2.75) is 31.1 Å². The van der Waals surface area contributed by atoms with Crippen LogP contribution in [-0.2, 0) is 26.9 Å². The van der Waals surface area contributed by atoms with Crippen molar-refractivity contribution in [2.24, 2.45) is 0 Å². The molecule has 0 aliphatic carbocycles. The molecule has 5 rings (SSSR count). The van der Waals surface area contributed by atoms with E-state index in [0.29, 0.717) is 31.5 Å². The Morgan fingerprint density at radius 2 is 1.67 bits per heavy atom. The van der Waals surface area contributed by atoms with Gasteiger partial charge < -0.3 is 14.6 Å². The van der Waals surface area contributed by atoms with Gasteiger partial charge in [-0.2, -0.15) is 0 Å². The Hall–Kier alpha value is -3.98. The lowest BCUT2D eigenvalue weighted by Crippen LogP contribution is -2.38. The molecule has 0 unspecified atom stereocenters. The second-order valence-electron chi connectivity index (χ2n) is 9.88. The van der Waals surface area contributed by atoms with Crippen molar-refractivity contribution >= 4 is 15.9 Å². The fourth-order valence-electron chi connectivity index (χ4n) is 5.15. The predicted molar refractivity (Wildman–Crippen MR) is 148 cm³/mol. The molecule has 0 atom stereocenters. The Labute approximate surface area is 227 Å². The number of hydrogen-bond donors (Lipinski definition) is 1. The molecule has 1 amide bonds. The molecule has 0 spiro atoms. The van der Waals surface area contributed by atoms with Crippen molar-refractivity contribution < 1.29 is 22.3 Å². The van der Waals surface area contributed by atoms with Gasteiger partial charge in [-0.25, -0.2) is 17.6 Å². The van der Waals surface area contributed by atoms with E-state index in [4.69, 9.17) is 4.74 Å². The van der Waals surface area contributed by atoms with Gasteiger partial charge in [0.1, 0.15) is 12.4 Å². The van der Waals surface area contributed by atoms with Crippen molar-refractivity contribution in [3.63, 3.8) is 0 Å². The number of halogens is 1. The number of pyridine rings is 1. The number of carbonyl (C=O) groups is 1. The molecule has 1 aliphatic rings. The van der Waals surface area contributed by atoms with E-state index in [-0.39, 0.29) is 30.2 Å². The quantitative estimate of drug-likeness (QED) is 0.309. The van der Waals surface area contributed by atoms with Gasteiger partial charge in [-0.05, 0) is 71.5 Å². The minimum absolute atomic E-state index is 0.00899. The fourth-order valence-corrected chi connectivity index (χ4v) is 5.97. The number of nitrogens with one attached hydrogen (secondary N) is 1. The van der Waals surface area contributed by atoms with Gasteiger partial charge in [0.2, 0.25) is 0 Å². The SMILES string of the molecule is CS(=O)(=O)Cc1c(C2CCN(C(=O)OCc3ccccc3)CC2)[nH]c(-c2ccc(F)cc2)c1-c1ccncc1. The van der Waals surface area contributed by atoms with Crippen LogP contribution in [0.2, 0.25) is 0 Å². The number of hydrogen-bond acceptors (Lipinski definition) is 5. The Bertz CT molecular complexity index is 1530. The number of carbonyl (C=O) groups excluding carboxylic acids is 1. The van der Waals surface area contributed by atoms with Crippen LogP contribution in [-0.4, -0.2) is 48.7 Å². The molecule has 0 radical (unpaired) electrons. The van der Waals surface area contributed by atoms with Crippen molar-refractivity contribution in [3.8, 4) is 22.4 Å². The lowest BCUT2D eigenvalue weighted by molar-refractivity contribution is 0.0868. The number of sulfone groups is 1. The van der Waals surface area contributed by atoms with Crippen LogP contribution in [0.25, 0.3) is 22.4 Å². The zero-order valence-electron chi connectivity index (χ0n) is 21.6. The molecule has 2 aromatic carbocycles. The van der Waals surface area contributed by atoms with Crippen molar-refractivity contribution in [3.05, 3.63) is 102 Å². The summed E-state index contributed by atoms with van der Waals surface area (Å²) < 4.78 is 44.4. The Morgan fingerprint density at radius 3 is 2.31 bits per heavy atom. The highest BCUT2D eigenvalue weighted by molar-refractivity contribution is 7.89. The highest BCUT2D eigenvalue weighted by Crippen LogP contribution is 2.42. The largest absolute Gasteiger partial charge is 0.445 e. The number of ether oxygens (including phenoxy) is 1. The van der Waals surface area contributed by atoms with E-state index in [9.17, 15) is 17.6 Å². The first kappa shape index (κ1) is 26.6. The average molecular weight is 548 g/mol. The number of piperidine rings is 1. The maximum Gasteiger partial charge on any atom is 0.410 e. The normalized spacial score (nSPS) is 14.4. The third-order valence-corrected chi connectivity index (χ3v) is 7.82. The van der Waals surface area contributed by atoms with Crippen molar-refractivity contribution in [1.29, 1.82) is 0 Å².